The summed E-state index contributed by atoms with van der Waals surface area (Å²) in [5, 5.41) is 12.1. The van der Waals surface area contributed by atoms with Crippen LogP contribution < -0.4 is 26.0 Å². The number of amides is 1. The van der Waals surface area contributed by atoms with Crippen LogP contribution in [0.1, 0.15) is 24.0 Å². The molecule has 26 heavy (non-hydrogen) atoms. The molecule has 0 radical (unpaired) electrons. The largest absolute Gasteiger partial charge is 0.497 e. The minimum atomic E-state index is -0.836. The Morgan fingerprint density at radius 3 is 2.54 bits per heavy atom. The van der Waals surface area contributed by atoms with E-state index in [2.05, 4.69) is 15.3 Å². The summed E-state index contributed by atoms with van der Waals surface area (Å²) >= 11 is 0. The van der Waals surface area contributed by atoms with Gasteiger partial charge in [-0.15, -0.1) is 0 Å². The summed E-state index contributed by atoms with van der Waals surface area (Å²) in [5.74, 6) is -0.952. The van der Waals surface area contributed by atoms with Crippen LogP contribution in [0.4, 0.5) is 0 Å². The number of carbonyl (C=O) groups excluding carboxylic acids is 1. The second kappa shape index (κ2) is 6.60. The number of fused-ring (bicyclic) bond motifs is 1. The fourth-order valence-corrected chi connectivity index (χ4v) is 2.75. The van der Waals surface area contributed by atoms with Crippen LogP contribution in [0.5, 0.6) is 11.6 Å². The van der Waals surface area contributed by atoms with E-state index in [1.54, 1.807) is 24.3 Å². The number of rotatable bonds is 3. The molecule has 1 aromatic heterocycles. The molecule has 0 spiro atoms. The van der Waals surface area contributed by atoms with Gasteiger partial charge in [0, 0.05) is 6.92 Å². The summed E-state index contributed by atoms with van der Waals surface area (Å²) in [7, 11) is 1.52. The van der Waals surface area contributed by atoms with Crippen molar-refractivity contribution in [2.24, 2.45) is 0 Å². The van der Waals surface area contributed by atoms with Gasteiger partial charge < -0.3 is 9.47 Å². The van der Waals surface area contributed by atoms with Crippen LogP contribution in [0.3, 0.4) is 0 Å². The third-order valence-electron chi connectivity index (χ3n) is 3.83. The number of aromatic nitrogens is 2. The first kappa shape index (κ1) is 17.0. The average molecular weight is 354 g/mol. The summed E-state index contributed by atoms with van der Waals surface area (Å²) in [6, 6.07) is 8.71. The summed E-state index contributed by atoms with van der Waals surface area (Å²) in [6.07, 6.45) is 0. The monoisotopic (exact) mass is 354 g/mol. The number of benzene rings is 1. The summed E-state index contributed by atoms with van der Waals surface area (Å²) in [6.45, 7) is 1.25. The van der Waals surface area contributed by atoms with Crippen molar-refractivity contribution in [2.45, 2.75) is 12.8 Å². The minimum Gasteiger partial charge on any atom is -0.497 e. The van der Waals surface area contributed by atoms with Gasteiger partial charge in [-0.1, -0.05) is 12.1 Å². The maximum atomic E-state index is 12.4. The summed E-state index contributed by atoms with van der Waals surface area (Å²) in [4.78, 5) is 39.9. The van der Waals surface area contributed by atoms with Crippen LogP contribution in [0, 0.1) is 11.3 Å². The molecule has 0 fully saturated rings. The lowest BCUT2D eigenvalue weighted by Gasteiger charge is -2.26. The highest BCUT2D eigenvalue weighted by Crippen LogP contribution is 2.39. The lowest BCUT2D eigenvalue weighted by molar-refractivity contribution is -0.118. The van der Waals surface area contributed by atoms with Gasteiger partial charge in [0.15, 0.2) is 0 Å². The molecule has 1 aliphatic heterocycles. The Balaban J connectivity index is 2.27. The van der Waals surface area contributed by atoms with Gasteiger partial charge in [0.05, 0.1) is 18.6 Å². The number of hydrogen-bond acceptors (Lipinski definition) is 6. The second-order valence-electron chi connectivity index (χ2n) is 5.50. The quantitative estimate of drug-likeness (QED) is 0.732. The predicted octanol–water partition coefficient (Wildman–Crippen LogP) is 0.467. The van der Waals surface area contributed by atoms with Crippen molar-refractivity contribution in [1.82, 2.24) is 15.3 Å². The molecule has 0 bridgehead atoms. The first-order valence-corrected chi connectivity index (χ1v) is 7.54. The molecular formula is C17H14N4O5. The zero-order valence-corrected chi connectivity index (χ0v) is 13.9. The molecule has 1 atom stereocenters. The zero-order chi connectivity index (χ0) is 18.8. The van der Waals surface area contributed by atoms with Crippen LogP contribution >= 0.6 is 0 Å². The summed E-state index contributed by atoms with van der Waals surface area (Å²) in [5.41, 5.74) is -0.743. The van der Waals surface area contributed by atoms with Crippen LogP contribution in [0.15, 0.2) is 45.3 Å². The van der Waals surface area contributed by atoms with Gasteiger partial charge in [0.1, 0.15) is 17.4 Å². The Labute approximate surface area is 146 Å². The van der Waals surface area contributed by atoms with Crippen LogP contribution in [0.2, 0.25) is 0 Å². The molecule has 0 saturated heterocycles. The molecule has 2 aromatic rings. The lowest BCUT2D eigenvalue weighted by Crippen LogP contribution is -2.35. The maximum absolute atomic E-state index is 12.4. The number of ether oxygens (including phenoxy) is 2. The Bertz CT molecular complexity index is 1060. The van der Waals surface area contributed by atoms with Gasteiger partial charge in [0.25, 0.3) is 5.56 Å². The first-order chi connectivity index (χ1) is 12.4. The van der Waals surface area contributed by atoms with Gasteiger partial charge in [0.2, 0.25) is 17.7 Å². The highest BCUT2D eigenvalue weighted by molar-refractivity contribution is 5.75. The molecule has 3 N–H and O–H groups in total. The molecule has 1 unspecified atom stereocenters. The van der Waals surface area contributed by atoms with E-state index in [1.807, 2.05) is 6.07 Å². The number of allylic oxidation sites excluding steroid dienone is 1. The number of aromatic amines is 2. The van der Waals surface area contributed by atoms with Crippen molar-refractivity contribution in [2.75, 3.05) is 7.11 Å². The van der Waals surface area contributed by atoms with Crippen molar-refractivity contribution in [1.29, 1.82) is 5.26 Å². The van der Waals surface area contributed by atoms with E-state index < -0.39 is 23.1 Å². The lowest BCUT2D eigenvalue weighted by atomic mass is 9.85. The maximum Gasteiger partial charge on any atom is 0.328 e. The zero-order valence-electron chi connectivity index (χ0n) is 13.9. The predicted molar refractivity (Wildman–Crippen MR) is 89.6 cm³/mol. The highest BCUT2D eigenvalue weighted by Gasteiger charge is 2.35. The smallest absolute Gasteiger partial charge is 0.328 e. The van der Waals surface area contributed by atoms with E-state index >= 15 is 0 Å². The fourth-order valence-electron chi connectivity index (χ4n) is 2.75. The van der Waals surface area contributed by atoms with Crippen LogP contribution in [-0.4, -0.2) is 23.0 Å². The molecular weight excluding hydrogens is 340 g/mol. The number of methoxy groups -OCH3 is 1. The van der Waals surface area contributed by atoms with Gasteiger partial charge in [-0.25, -0.2) is 4.79 Å². The Hall–Kier alpha value is -3.80. The van der Waals surface area contributed by atoms with Gasteiger partial charge >= 0.3 is 5.69 Å². The number of nitrogens with zero attached hydrogens (tertiary/aromatic N) is 1. The average Bonchev–Trinajstić information content (AvgIpc) is 2.60. The molecule has 3 rings (SSSR count). The van der Waals surface area contributed by atoms with Crippen molar-refractivity contribution in [3.05, 3.63) is 67.7 Å². The van der Waals surface area contributed by atoms with E-state index in [1.165, 1.54) is 14.0 Å². The third kappa shape index (κ3) is 2.95. The van der Waals surface area contributed by atoms with Crippen molar-refractivity contribution in [3.8, 4) is 17.7 Å². The second-order valence-corrected chi connectivity index (χ2v) is 5.50. The molecule has 2 heterocycles. The fraction of sp³-hybridized carbons (Fsp3) is 0.176. The number of nitriles is 1. The topological polar surface area (TPSA) is 137 Å². The number of hydrogen-bond donors (Lipinski definition) is 3. The van der Waals surface area contributed by atoms with Crippen LogP contribution in [-0.2, 0) is 4.79 Å². The van der Waals surface area contributed by atoms with E-state index in [4.69, 9.17) is 9.47 Å². The molecule has 1 amide bonds. The van der Waals surface area contributed by atoms with Gasteiger partial charge in [-0.05, 0) is 17.7 Å². The van der Waals surface area contributed by atoms with Crippen LogP contribution in [0.25, 0.3) is 0 Å². The SMILES string of the molecule is COc1ccc(C2C(C#N)=C(NC(C)=O)Oc3[nH]c(=O)[nH]c(=O)c32)cc1. The molecule has 1 aliphatic rings. The molecule has 0 saturated carbocycles. The van der Waals surface area contributed by atoms with Crippen molar-refractivity contribution >= 4 is 5.91 Å². The molecule has 132 valence electrons. The van der Waals surface area contributed by atoms with Crippen molar-refractivity contribution < 1.29 is 14.3 Å². The Kier molecular flexibility index (Phi) is 4.33. The molecule has 1 aromatic carbocycles. The van der Waals surface area contributed by atoms with E-state index in [-0.39, 0.29) is 22.9 Å². The third-order valence-corrected chi connectivity index (χ3v) is 3.83. The van der Waals surface area contributed by atoms with Crippen molar-refractivity contribution in [3.63, 3.8) is 0 Å². The number of nitrogens with one attached hydrogen (secondary N) is 3. The molecule has 9 nitrogen and oxygen atoms in total. The van der Waals surface area contributed by atoms with E-state index in [0.29, 0.717) is 11.3 Å². The van der Waals surface area contributed by atoms with Gasteiger partial charge in [-0.2, -0.15) is 5.26 Å². The van der Waals surface area contributed by atoms with E-state index in [0.717, 1.165) is 0 Å². The highest BCUT2D eigenvalue weighted by atomic mass is 16.5. The van der Waals surface area contributed by atoms with E-state index in [9.17, 15) is 19.6 Å². The summed E-state index contributed by atoms with van der Waals surface area (Å²) < 4.78 is 10.5. The van der Waals surface area contributed by atoms with Gasteiger partial charge in [-0.3, -0.25) is 24.9 Å². The normalized spacial score (nSPS) is 15.5. The molecule has 9 heteroatoms. The standard InChI is InChI=1S/C17H14N4O5/c1-8(22)19-15-11(7-18)12(9-3-5-10(25-2)6-4-9)13-14(23)20-17(24)21-16(13)26-15/h3-6,12H,1-2H3,(H,19,22)(H2,20,21,23,24). The Morgan fingerprint density at radius 1 is 1.27 bits per heavy atom. The minimum absolute atomic E-state index is 0.0374. The number of H-pyrrole nitrogens is 2. The first-order valence-electron chi connectivity index (χ1n) is 7.54. The Morgan fingerprint density at radius 2 is 1.96 bits per heavy atom. The molecule has 0 aliphatic carbocycles. The number of carbonyl (C=O) groups is 1.